The number of rotatable bonds is 3. The Kier molecular flexibility index (Phi) is 3.56. The van der Waals surface area contributed by atoms with Gasteiger partial charge in [-0.2, -0.15) is 15.0 Å². The van der Waals surface area contributed by atoms with Crippen molar-refractivity contribution in [2.75, 3.05) is 0 Å². The minimum absolute atomic E-state index is 0.231. The molecule has 0 saturated carbocycles. The molecule has 0 unspecified atom stereocenters. The normalized spacial score (nSPS) is 10.8. The molecule has 0 fully saturated rings. The zero-order chi connectivity index (χ0) is 13.8. The Morgan fingerprint density at radius 1 is 1.05 bits per heavy atom. The molecule has 19 heavy (non-hydrogen) atoms. The quantitative estimate of drug-likeness (QED) is 0.296. The van der Waals surface area contributed by atoms with Crippen LogP contribution in [0, 0.1) is 12.1 Å². The minimum atomic E-state index is 0.231. The standard InChI is InChI=1S/C14H13N3O2/c1-10-9-12(5-8-14(10)18)16-15-11-3-6-13(7-4-11)17(2)19/h3-9,18H,2H2,1H3. The van der Waals surface area contributed by atoms with Gasteiger partial charge >= 0.3 is 0 Å². The van der Waals surface area contributed by atoms with Crippen LogP contribution in [0.2, 0.25) is 0 Å². The molecule has 2 rings (SSSR count). The van der Waals surface area contributed by atoms with Crippen LogP contribution in [0.1, 0.15) is 5.56 Å². The Bertz CT molecular complexity index is 634. The molecule has 0 bridgehead atoms. The first-order valence-corrected chi connectivity index (χ1v) is 5.65. The van der Waals surface area contributed by atoms with Crippen LogP contribution in [-0.2, 0) is 0 Å². The second-order valence-corrected chi connectivity index (χ2v) is 4.07. The number of phenols is 1. The van der Waals surface area contributed by atoms with Gasteiger partial charge in [-0.3, -0.25) is 0 Å². The molecule has 96 valence electrons. The van der Waals surface area contributed by atoms with Gasteiger partial charge < -0.3 is 10.3 Å². The maximum absolute atomic E-state index is 10.9. The first-order chi connectivity index (χ1) is 9.06. The van der Waals surface area contributed by atoms with E-state index in [4.69, 9.17) is 0 Å². The SMILES string of the molecule is C=[N+]([O-])c1ccc(N=Nc2ccc(O)c(C)c2)cc1. The number of azo groups is 1. The number of aryl methyl sites for hydroxylation is 1. The molecule has 1 N–H and O–H groups in total. The molecule has 0 aliphatic carbocycles. The number of phenolic OH excluding ortho intramolecular Hbond substituents is 1. The van der Waals surface area contributed by atoms with Crippen LogP contribution >= 0.6 is 0 Å². The van der Waals surface area contributed by atoms with E-state index in [1.807, 2.05) is 0 Å². The minimum Gasteiger partial charge on any atom is -0.619 e. The lowest BCUT2D eigenvalue weighted by Crippen LogP contribution is -1.87. The highest BCUT2D eigenvalue weighted by atomic mass is 16.5. The van der Waals surface area contributed by atoms with Gasteiger partial charge in [0.1, 0.15) is 12.5 Å². The van der Waals surface area contributed by atoms with Gasteiger partial charge in [0, 0.05) is 12.1 Å². The van der Waals surface area contributed by atoms with Crippen LogP contribution in [-0.4, -0.2) is 16.6 Å². The molecule has 2 aromatic rings. The predicted molar refractivity (Wildman–Crippen MR) is 73.9 cm³/mol. The number of hydrogen-bond donors (Lipinski definition) is 1. The van der Waals surface area contributed by atoms with Crippen LogP contribution in [0.4, 0.5) is 17.1 Å². The third kappa shape index (κ3) is 3.16. The lowest BCUT2D eigenvalue weighted by molar-refractivity contribution is -0.349. The summed E-state index contributed by atoms with van der Waals surface area (Å²) in [5, 5.41) is 28.4. The van der Waals surface area contributed by atoms with Crippen molar-refractivity contribution in [1.82, 2.24) is 0 Å². The monoisotopic (exact) mass is 255 g/mol. The molecule has 0 amide bonds. The lowest BCUT2D eigenvalue weighted by atomic mass is 10.2. The Labute approximate surface area is 110 Å². The molecule has 0 radical (unpaired) electrons. The molecule has 2 aromatic carbocycles. The number of aromatic hydroxyl groups is 1. The highest BCUT2D eigenvalue weighted by molar-refractivity contribution is 5.48. The van der Waals surface area contributed by atoms with Gasteiger partial charge in [0.2, 0.25) is 5.69 Å². The van der Waals surface area contributed by atoms with E-state index >= 15 is 0 Å². The molecular formula is C14H13N3O2. The molecular weight excluding hydrogens is 242 g/mol. The van der Waals surface area contributed by atoms with Gasteiger partial charge in [-0.05, 0) is 42.8 Å². The van der Waals surface area contributed by atoms with E-state index in [-0.39, 0.29) is 5.75 Å². The summed E-state index contributed by atoms with van der Waals surface area (Å²) in [6.45, 7) is 5.04. The van der Waals surface area contributed by atoms with Gasteiger partial charge in [-0.15, -0.1) is 0 Å². The van der Waals surface area contributed by atoms with E-state index in [2.05, 4.69) is 16.9 Å². The molecule has 0 aliphatic heterocycles. The molecule has 0 aliphatic rings. The maximum atomic E-state index is 10.9. The van der Waals surface area contributed by atoms with Crippen molar-refractivity contribution < 1.29 is 9.85 Å². The average molecular weight is 255 g/mol. The lowest BCUT2D eigenvalue weighted by Gasteiger charge is -2.00. The summed E-state index contributed by atoms with van der Waals surface area (Å²) in [6.07, 6.45) is 0. The molecule has 0 heterocycles. The summed E-state index contributed by atoms with van der Waals surface area (Å²) in [7, 11) is 0. The highest BCUT2D eigenvalue weighted by Gasteiger charge is 1.99. The summed E-state index contributed by atoms with van der Waals surface area (Å²) in [5.74, 6) is 0.231. The Balaban J connectivity index is 2.17. The molecule has 0 aromatic heterocycles. The number of benzene rings is 2. The molecule has 5 heteroatoms. The first kappa shape index (κ1) is 12.8. The summed E-state index contributed by atoms with van der Waals surface area (Å²) < 4.78 is 0.532. The summed E-state index contributed by atoms with van der Waals surface area (Å²) in [6, 6.07) is 11.6. The van der Waals surface area contributed by atoms with E-state index in [1.165, 1.54) is 0 Å². The topological polar surface area (TPSA) is 71.0 Å². The summed E-state index contributed by atoms with van der Waals surface area (Å²) in [4.78, 5) is 0. The molecule has 5 nitrogen and oxygen atoms in total. The smallest absolute Gasteiger partial charge is 0.216 e. The van der Waals surface area contributed by atoms with E-state index in [0.717, 1.165) is 5.56 Å². The molecule has 0 spiro atoms. The Morgan fingerprint density at radius 2 is 1.63 bits per heavy atom. The fourth-order valence-corrected chi connectivity index (χ4v) is 1.50. The number of nitrogens with zero attached hydrogens (tertiary/aromatic N) is 3. The van der Waals surface area contributed by atoms with Gasteiger partial charge in [-0.25, -0.2) is 0 Å². The highest BCUT2D eigenvalue weighted by Crippen LogP contribution is 2.25. The van der Waals surface area contributed by atoms with Crippen molar-refractivity contribution >= 4 is 23.8 Å². The van der Waals surface area contributed by atoms with E-state index in [1.54, 1.807) is 49.4 Å². The van der Waals surface area contributed by atoms with E-state index < -0.39 is 0 Å². The summed E-state index contributed by atoms with van der Waals surface area (Å²) >= 11 is 0. The van der Waals surface area contributed by atoms with Crippen molar-refractivity contribution in [2.45, 2.75) is 6.92 Å². The van der Waals surface area contributed by atoms with Crippen molar-refractivity contribution in [3.05, 3.63) is 53.2 Å². The van der Waals surface area contributed by atoms with Gasteiger partial charge in [-0.1, -0.05) is 0 Å². The van der Waals surface area contributed by atoms with Crippen LogP contribution in [0.3, 0.4) is 0 Å². The molecule has 0 saturated heterocycles. The van der Waals surface area contributed by atoms with Gasteiger partial charge in [0.25, 0.3) is 0 Å². The third-order valence-corrected chi connectivity index (χ3v) is 2.60. The van der Waals surface area contributed by atoms with Crippen LogP contribution in [0.25, 0.3) is 0 Å². The van der Waals surface area contributed by atoms with Crippen LogP contribution < -0.4 is 0 Å². The van der Waals surface area contributed by atoms with Crippen molar-refractivity contribution in [1.29, 1.82) is 0 Å². The van der Waals surface area contributed by atoms with E-state index in [9.17, 15) is 10.3 Å². The van der Waals surface area contributed by atoms with Crippen LogP contribution in [0.15, 0.2) is 52.7 Å². The van der Waals surface area contributed by atoms with Gasteiger partial charge in [0.15, 0.2) is 0 Å². The molecule has 0 atom stereocenters. The Hall–Kier alpha value is -2.69. The van der Waals surface area contributed by atoms with Crippen molar-refractivity contribution in [2.24, 2.45) is 10.2 Å². The van der Waals surface area contributed by atoms with E-state index in [0.29, 0.717) is 21.8 Å². The number of hydrogen-bond acceptors (Lipinski definition) is 4. The third-order valence-electron chi connectivity index (χ3n) is 2.60. The maximum Gasteiger partial charge on any atom is 0.216 e. The average Bonchev–Trinajstić information content (AvgIpc) is 2.40. The zero-order valence-electron chi connectivity index (χ0n) is 10.4. The second-order valence-electron chi connectivity index (χ2n) is 4.07. The fraction of sp³-hybridized carbons (Fsp3) is 0.0714. The zero-order valence-corrected chi connectivity index (χ0v) is 10.4. The Morgan fingerprint density at radius 3 is 2.21 bits per heavy atom. The van der Waals surface area contributed by atoms with Gasteiger partial charge in [0.05, 0.1) is 11.4 Å². The largest absolute Gasteiger partial charge is 0.619 e. The fourth-order valence-electron chi connectivity index (χ4n) is 1.50. The second kappa shape index (κ2) is 5.30. The predicted octanol–water partition coefficient (Wildman–Crippen LogP) is 3.96. The van der Waals surface area contributed by atoms with Crippen LogP contribution in [0.5, 0.6) is 5.75 Å². The van der Waals surface area contributed by atoms with Crippen molar-refractivity contribution in [3.63, 3.8) is 0 Å². The first-order valence-electron chi connectivity index (χ1n) is 5.65. The summed E-state index contributed by atoms with van der Waals surface area (Å²) in [5.41, 5.74) is 2.49. The van der Waals surface area contributed by atoms with Crippen molar-refractivity contribution in [3.8, 4) is 5.75 Å².